The Hall–Kier alpha value is -1.76. The number of hydrogen-bond donors (Lipinski definition) is 1. The van der Waals surface area contributed by atoms with E-state index in [-0.39, 0.29) is 17.5 Å². The summed E-state index contributed by atoms with van der Waals surface area (Å²) in [7, 11) is 1.89. The van der Waals surface area contributed by atoms with Gasteiger partial charge in [0.1, 0.15) is 0 Å². The van der Waals surface area contributed by atoms with Gasteiger partial charge >= 0.3 is 5.82 Å². The number of nitrogens with zero attached hydrogens (tertiary/aromatic N) is 3. The Labute approximate surface area is 112 Å². The molecule has 0 aliphatic carbocycles. The summed E-state index contributed by atoms with van der Waals surface area (Å²) in [6, 6.07) is 0. The molecule has 1 atom stereocenters. The molecule has 1 aliphatic rings. The predicted octanol–water partition coefficient (Wildman–Crippen LogP) is 0.783. The summed E-state index contributed by atoms with van der Waals surface area (Å²) < 4.78 is 0. The average molecular weight is 268 g/mol. The standard InChI is InChI=1S/C12H20N4O3/c1-4-15(3)7-9-6-5-8(2)10(11(13)17)14-12(9)16(18)19/h8H,4-7H2,1-3H3,(H2,13,17). The van der Waals surface area contributed by atoms with Gasteiger partial charge in [-0.25, -0.2) is 0 Å². The molecule has 1 unspecified atom stereocenters. The molecule has 1 aliphatic heterocycles. The van der Waals surface area contributed by atoms with Crippen LogP contribution in [0.5, 0.6) is 0 Å². The monoisotopic (exact) mass is 268 g/mol. The summed E-state index contributed by atoms with van der Waals surface area (Å²) in [6.45, 7) is 5.06. The number of nitro groups is 1. The molecule has 0 saturated heterocycles. The van der Waals surface area contributed by atoms with Gasteiger partial charge in [-0.2, -0.15) is 0 Å². The van der Waals surface area contributed by atoms with E-state index in [1.165, 1.54) is 0 Å². The summed E-state index contributed by atoms with van der Waals surface area (Å²) in [5.74, 6) is -1.06. The lowest BCUT2D eigenvalue weighted by Gasteiger charge is -2.15. The molecule has 0 aromatic rings. The minimum atomic E-state index is -0.683. The van der Waals surface area contributed by atoms with Gasteiger partial charge < -0.3 is 20.7 Å². The van der Waals surface area contributed by atoms with Gasteiger partial charge in [0.25, 0.3) is 5.91 Å². The molecule has 106 valence electrons. The molecule has 0 spiro atoms. The largest absolute Gasteiger partial charge is 0.364 e. The highest BCUT2D eigenvalue weighted by atomic mass is 16.6. The van der Waals surface area contributed by atoms with Gasteiger partial charge in [-0.3, -0.25) is 4.79 Å². The molecule has 2 N–H and O–H groups in total. The lowest BCUT2D eigenvalue weighted by molar-refractivity contribution is -0.427. The molecular formula is C12H20N4O3. The minimum absolute atomic E-state index is 0.0980. The van der Waals surface area contributed by atoms with Crippen molar-refractivity contribution in [3.8, 4) is 0 Å². The molecule has 0 aromatic carbocycles. The van der Waals surface area contributed by atoms with E-state index < -0.39 is 10.8 Å². The Morgan fingerprint density at radius 3 is 2.74 bits per heavy atom. The van der Waals surface area contributed by atoms with Crippen molar-refractivity contribution in [3.63, 3.8) is 0 Å². The quantitative estimate of drug-likeness (QED) is 0.588. The number of hydrogen-bond acceptors (Lipinski definition) is 5. The Morgan fingerprint density at radius 1 is 1.63 bits per heavy atom. The summed E-state index contributed by atoms with van der Waals surface area (Å²) in [5, 5.41) is 11.1. The van der Waals surface area contributed by atoms with Crippen LogP contribution in [0, 0.1) is 16.0 Å². The first-order valence-corrected chi connectivity index (χ1v) is 6.30. The first-order valence-electron chi connectivity index (χ1n) is 6.30. The highest BCUT2D eigenvalue weighted by molar-refractivity contribution is 6.39. The van der Waals surface area contributed by atoms with E-state index in [2.05, 4.69) is 4.99 Å². The van der Waals surface area contributed by atoms with Gasteiger partial charge in [0, 0.05) is 18.0 Å². The van der Waals surface area contributed by atoms with Crippen molar-refractivity contribution in [1.82, 2.24) is 4.90 Å². The highest BCUT2D eigenvalue weighted by Gasteiger charge is 2.30. The fraction of sp³-hybridized carbons (Fsp3) is 0.667. The first kappa shape index (κ1) is 15.3. The van der Waals surface area contributed by atoms with Crippen LogP contribution < -0.4 is 5.73 Å². The first-order chi connectivity index (χ1) is 8.86. The van der Waals surface area contributed by atoms with Crippen molar-refractivity contribution in [2.75, 3.05) is 20.1 Å². The average Bonchev–Trinajstić information content (AvgIpc) is 2.49. The number of primary amides is 1. The highest BCUT2D eigenvalue weighted by Crippen LogP contribution is 2.24. The van der Waals surface area contributed by atoms with Crippen molar-refractivity contribution in [2.24, 2.45) is 16.6 Å². The predicted molar refractivity (Wildman–Crippen MR) is 72.2 cm³/mol. The second-order valence-electron chi connectivity index (χ2n) is 4.82. The lowest BCUT2D eigenvalue weighted by atomic mass is 9.97. The molecule has 1 heterocycles. The second kappa shape index (κ2) is 6.42. The minimum Gasteiger partial charge on any atom is -0.363 e. The van der Waals surface area contributed by atoms with Gasteiger partial charge in [-0.1, -0.05) is 13.8 Å². The molecule has 0 radical (unpaired) electrons. The molecule has 7 nitrogen and oxygen atoms in total. The van der Waals surface area contributed by atoms with Crippen molar-refractivity contribution >= 4 is 11.6 Å². The summed E-state index contributed by atoms with van der Waals surface area (Å²) in [6.07, 6.45) is 1.20. The van der Waals surface area contributed by atoms with E-state index in [0.717, 1.165) is 6.54 Å². The molecule has 0 bridgehead atoms. The van der Waals surface area contributed by atoms with Crippen LogP contribution in [0.25, 0.3) is 0 Å². The third-order valence-electron chi connectivity index (χ3n) is 3.31. The molecule has 0 saturated carbocycles. The lowest BCUT2D eigenvalue weighted by Crippen LogP contribution is -2.29. The van der Waals surface area contributed by atoms with E-state index in [1.54, 1.807) is 0 Å². The number of likely N-dealkylation sites (N-methyl/N-ethyl adjacent to an activating group) is 1. The van der Waals surface area contributed by atoms with Crippen LogP contribution >= 0.6 is 0 Å². The van der Waals surface area contributed by atoms with Gasteiger partial charge in [0.05, 0.1) is 0 Å². The van der Waals surface area contributed by atoms with Crippen LogP contribution in [-0.2, 0) is 4.79 Å². The Bertz CT molecular complexity index is 442. The number of aliphatic imine (C=N–C) groups is 1. The molecule has 0 fully saturated rings. The van der Waals surface area contributed by atoms with Crippen molar-refractivity contribution < 1.29 is 9.72 Å². The fourth-order valence-corrected chi connectivity index (χ4v) is 2.00. The van der Waals surface area contributed by atoms with Crippen molar-refractivity contribution in [3.05, 3.63) is 21.5 Å². The molecule has 1 rings (SSSR count). The van der Waals surface area contributed by atoms with Crippen LogP contribution in [0.4, 0.5) is 0 Å². The van der Waals surface area contributed by atoms with Crippen LogP contribution in [-0.4, -0.2) is 41.6 Å². The number of rotatable bonds is 5. The third-order valence-corrected chi connectivity index (χ3v) is 3.31. The second-order valence-corrected chi connectivity index (χ2v) is 4.82. The fourth-order valence-electron chi connectivity index (χ4n) is 2.00. The molecule has 7 heteroatoms. The zero-order valence-corrected chi connectivity index (χ0v) is 11.5. The van der Waals surface area contributed by atoms with E-state index in [0.29, 0.717) is 25.0 Å². The Balaban J connectivity index is 3.19. The Kier molecular flexibility index (Phi) is 5.17. The van der Waals surface area contributed by atoms with Crippen molar-refractivity contribution in [1.29, 1.82) is 0 Å². The molecule has 19 heavy (non-hydrogen) atoms. The van der Waals surface area contributed by atoms with Gasteiger partial charge in [0.15, 0.2) is 0 Å². The molecule has 0 aromatic heterocycles. The van der Waals surface area contributed by atoms with Crippen LogP contribution in [0.1, 0.15) is 26.7 Å². The SMILES string of the molecule is CCN(C)CC1=C([N+](=O)[O-])N=C(C(N)=O)C(C)CC1. The molecule has 1 amide bonds. The Morgan fingerprint density at radius 2 is 2.26 bits per heavy atom. The zero-order valence-electron chi connectivity index (χ0n) is 11.5. The topological polar surface area (TPSA) is 102 Å². The zero-order chi connectivity index (χ0) is 14.6. The maximum absolute atomic E-state index is 11.3. The van der Waals surface area contributed by atoms with Crippen LogP contribution in [0.2, 0.25) is 0 Å². The normalized spacial score (nSPS) is 20.2. The van der Waals surface area contributed by atoms with E-state index in [1.807, 2.05) is 25.8 Å². The number of carbonyl (C=O) groups excluding carboxylic acids is 1. The maximum atomic E-state index is 11.3. The number of carbonyl (C=O) groups is 1. The van der Waals surface area contributed by atoms with Gasteiger partial charge in [0.2, 0.25) is 5.71 Å². The molecular weight excluding hydrogens is 248 g/mol. The van der Waals surface area contributed by atoms with E-state index in [4.69, 9.17) is 5.73 Å². The number of amides is 1. The van der Waals surface area contributed by atoms with E-state index in [9.17, 15) is 14.9 Å². The summed E-state index contributed by atoms with van der Waals surface area (Å²) >= 11 is 0. The maximum Gasteiger partial charge on any atom is 0.364 e. The summed E-state index contributed by atoms with van der Waals surface area (Å²) in [5.41, 5.74) is 5.99. The third kappa shape index (κ3) is 3.85. The smallest absolute Gasteiger partial charge is 0.363 e. The summed E-state index contributed by atoms with van der Waals surface area (Å²) in [4.78, 5) is 27.8. The van der Waals surface area contributed by atoms with Crippen molar-refractivity contribution in [2.45, 2.75) is 26.7 Å². The van der Waals surface area contributed by atoms with Gasteiger partial charge in [-0.05, 0) is 36.3 Å². The van der Waals surface area contributed by atoms with Crippen LogP contribution in [0.15, 0.2) is 16.4 Å². The van der Waals surface area contributed by atoms with Gasteiger partial charge in [-0.15, -0.1) is 0 Å². The van der Waals surface area contributed by atoms with Crippen LogP contribution in [0.3, 0.4) is 0 Å². The van der Waals surface area contributed by atoms with E-state index >= 15 is 0 Å². The number of nitrogens with two attached hydrogens (primary N) is 1.